The van der Waals surface area contributed by atoms with Crippen molar-refractivity contribution >= 4 is 0 Å². The molecule has 0 spiro atoms. The summed E-state index contributed by atoms with van der Waals surface area (Å²) in [4.78, 5) is 1.66. The molecule has 1 aromatic rings. The van der Waals surface area contributed by atoms with E-state index in [0.717, 1.165) is 12.7 Å². The molecule has 7 heteroatoms. The van der Waals surface area contributed by atoms with Crippen molar-refractivity contribution in [2.24, 2.45) is 0 Å². The lowest BCUT2D eigenvalue weighted by Crippen LogP contribution is -2.69. The highest BCUT2D eigenvalue weighted by Gasteiger charge is 2.62. The van der Waals surface area contributed by atoms with E-state index >= 15 is 0 Å². The molecule has 1 aromatic heterocycles. The first-order valence-corrected chi connectivity index (χ1v) is 6.37. The molecule has 0 radical (unpaired) electrons. The Labute approximate surface area is 115 Å². The topological polar surface area (TPSA) is 38.5 Å². The molecule has 4 nitrogen and oxygen atoms in total. The van der Waals surface area contributed by atoms with Crippen LogP contribution in [0.5, 0.6) is 0 Å². The lowest BCUT2D eigenvalue weighted by Gasteiger charge is -2.49. The molecule has 0 amide bonds. The van der Waals surface area contributed by atoms with E-state index in [9.17, 15) is 13.2 Å². The van der Waals surface area contributed by atoms with Crippen LogP contribution in [0.15, 0.2) is 10.8 Å². The second kappa shape index (κ2) is 4.73. The zero-order chi connectivity index (χ0) is 15.2. The number of hydrogen-bond donors (Lipinski definition) is 0. The molecule has 114 valence electrons. The summed E-state index contributed by atoms with van der Waals surface area (Å²) in [5, 5.41) is 3.90. The number of ether oxygens (including phenoxy) is 1. The molecule has 0 aromatic carbocycles. The van der Waals surface area contributed by atoms with Gasteiger partial charge in [0.2, 0.25) is 0 Å². The first-order chi connectivity index (χ1) is 9.09. The van der Waals surface area contributed by atoms with Crippen molar-refractivity contribution in [2.45, 2.75) is 44.5 Å². The van der Waals surface area contributed by atoms with Crippen molar-refractivity contribution in [3.63, 3.8) is 0 Å². The molecule has 20 heavy (non-hydrogen) atoms. The second-order valence-electron chi connectivity index (χ2n) is 6.27. The lowest BCUT2D eigenvalue weighted by atomic mass is 9.86. The Morgan fingerprint density at radius 1 is 1.35 bits per heavy atom. The first-order valence-electron chi connectivity index (χ1n) is 6.37. The van der Waals surface area contributed by atoms with Gasteiger partial charge in [-0.15, -0.1) is 0 Å². The van der Waals surface area contributed by atoms with Crippen LogP contribution in [0.4, 0.5) is 13.2 Å². The SMILES string of the molecule is COC1(C(F)(F)F)CN(Cc2nocc2C(C)(C)C)C1. The molecule has 1 aliphatic heterocycles. The van der Waals surface area contributed by atoms with Gasteiger partial charge in [-0.25, -0.2) is 0 Å². The fourth-order valence-corrected chi connectivity index (χ4v) is 2.41. The summed E-state index contributed by atoms with van der Waals surface area (Å²) in [7, 11) is 1.10. The van der Waals surface area contributed by atoms with E-state index < -0.39 is 11.8 Å². The van der Waals surface area contributed by atoms with Crippen molar-refractivity contribution in [1.82, 2.24) is 10.1 Å². The smallest absolute Gasteiger partial charge is 0.366 e. The number of nitrogens with zero attached hydrogens (tertiary/aromatic N) is 2. The van der Waals surface area contributed by atoms with Crippen LogP contribution in [-0.4, -0.2) is 42.0 Å². The fourth-order valence-electron chi connectivity index (χ4n) is 2.41. The van der Waals surface area contributed by atoms with Crippen molar-refractivity contribution in [3.8, 4) is 0 Å². The third-order valence-corrected chi connectivity index (χ3v) is 3.69. The summed E-state index contributed by atoms with van der Waals surface area (Å²) in [6.07, 6.45) is -2.79. The summed E-state index contributed by atoms with van der Waals surface area (Å²) in [5.41, 5.74) is -0.593. The molecule has 2 heterocycles. The molecule has 0 N–H and O–H groups in total. The highest BCUT2D eigenvalue weighted by atomic mass is 19.4. The number of alkyl halides is 3. The summed E-state index contributed by atoms with van der Waals surface area (Å²) in [6, 6.07) is 0. The Morgan fingerprint density at radius 2 is 1.95 bits per heavy atom. The Hall–Kier alpha value is -1.08. The summed E-state index contributed by atoms with van der Waals surface area (Å²) >= 11 is 0. The average Bonchev–Trinajstić information content (AvgIpc) is 2.68. The third-order valence-electron chi connectivity index (χ3n) is 3.69. The van der Waals surface area contributed by atoms with Crippen molar-refractivity contribution in [3.05, 3.63) is 17.5 Å². The van der Waals surface area contributed by atoms with Gasteiger partial charge in [0.15, 0.2) is 5.60 Å². The van der Waals surface area contributed by atoms with Gasteiger partial charge in [0.25, 0.3) is 0 Å². The van der Waals surface area contributed by atoms with E-state index in [0.29, 0.717) is 12.2 Å². The second-order valence-corrected chi connectivity index (χ2v) is 6.27. The predicted molar refractivity (Wildman–Crippen MR) is 66.3 cm³/mol. The van der Waals surface area contributed by atoms with Gasteiger partial charge in [0, 0.05) is 32.3 Å². The molecule has 1 fully saturated rings. The minimum absolute atomic E-state index is 0.150. The normalized spacial score (nSPS) is 19.9. The highest BCUT2D eigenvalue weighted by Crippen LogP contribution is 2.41. The predicted octanol–water partition coefficient (Wildman–Crippen LogP) is 2.74. The van der Waals surface area contributed by atoms with Gasteiger partial charge in [0.1, 0.15) is 12.0 Å². The molecule has 0 saturated carbocycles. The Bertz CT molecular complexity index is 471. The standard InChI is InChI=1S/C13H19F3N2O2/c1-11(2,3)9-6-20-17-10(9)5-18-7-12(8-18,19-4)13(14,15)16/h6H,5,7-8H2,1-4H3. The maximum atomic E-state index is 12.9. The van der Waals surface area contributed by atoms with E-state index in [1.807, 2.05) is 20.8 Å². The van der Waals surface area contributed by atoms with Gasteiger partial charge in [-0.1, -0.05) is 25.9 Å². The van der Waals surface area contributed by atoms with Crippen LogP contribution < -0.4 is 0 Å². The van der Waals surface area contributed by atoms with Crippen LogP contribution in [-0.2, 0) is 16.7 Å². The lowest BCUT2D eigenvalue weighted by molar-refractivity contribution is -0.312. The monoisotopic (exact) mass is 292 g/mol. The van der Waals surface area contributed by atoms with Gasteiger partial charge >= 0.3 is 6.18 Å². The number of halogens is 3. The van der Waals surface area contributed by atoms with E-state index in [1.54, 1.807) is 11.2 Å². The molecule has 2 rings (SSSR count). The molecule has 0 atom stereocenters. The van der Waals surface area contributed by atoms with Crippen LogP contribution in [0.1, 0.15) is 32.0 Å². The van der Waals surface area contributed by atoms with Gasteiger partial charge in [-0.2, -0.15) is 13.2 Å². The number of rotatable bonds is 3. The third kappa shape index (κ3) is 2.56. The van der Waals surface area contributed by atoms with Crippen molar-refractivity contribution < 1.29 is 22.4 Å². The Morgan fingerprint density at radius 3 is 2.40 bits per heavy atom. The van der Waals surface area contributed by atoms with Crippen LogP contribution in [0.2, 0.25) is 0 Å². The van der Waals surface area contributed by atoms with Crippen LogP contribution in [0, 0.1) is 0 Å². The van der Waals surface area contributed by atoms with Crippen LogP contribution in [0.25, 0.3) is 0 Å². The zero-order valence-electron chi connectivity index (χ0n) is 12.0. The molecule has 1 aliphatic rings. The van der Waals surface area contributed by atoms with E-state index in [1.165, 1.54) is 0 Å². The van der Waals surface area contributed by atoms with Crippen LogP contribution in [0.3, 0.4) is 0 Å². The maximum Gasteiger partial charge on any atom is 0.419 e. The quantitative estimate of drug-likeness (QED) is 0.858. The Balaban J connectivity index is 2.04. The number of aromatic nitrogens is 1. The molecule has 1 saturated heterocycles. The molecule has 0 unspecified atom stereocenters. The summed E-state index contributed by atoms with van der Waals surface area (Å²) in [6.45, 7) is 6.01. The molecule has 0 aliphatic carbocycles. The van der Waals surface area contributed by atoms with Crippen molar-refractivity contribution in [2.75, 3.05) is 20.2 Å². The minimum Gasteiger partial charge on any atom is -0.366 e. The van der Waals surface area contributed by atoms with E-state index in [4.69, 9.17) is 4.52 Å². The van der Waals surface area contributed by atoms with Gasteiger partial charge < -0.3 is 9.26 Å². The largest absolute Gasteiger partial charge is 0.419 e. The Kier molecular flexibility index (Phi) is 3.62. The zero-order valence-corrected chi connectivity index (χ0v) is 12.0. The molecular formula is C13H19F3N2O2. The number of hydrogen-bond acceptors (Lipinski definition) is 4. The highest BCUT2D eigenvalue weighted by molar-refractivity contribution is 5.23. The maximum absolute atomic E-state index is 12.9. The average molecular weight is 292 g/mol. The number of likely N-dealkylation sites (tertiary alicyclic amines) is 1. The summed E-state index contributed by atoms with van der Waals surface area (Å²) < 4.78 is 48.3. The first kappa shape index (κ1) is 15.3. The molecular weight excluding hydrogens is 273 g/mol. The number of methoxy groups -OCH3 is 1. The van der Waals surface area contributed by atoms with Crippen molar-refractivity contribution in [1.29, 1.82) is 0 Å². The van der Waals surface area contributed by atoms with Crippen LogP contribution >= 0.6 is 0 Å². The van der Waals surface area contributed by atoms with E-state index in [2.05, 4.69) is 9.89 Å². The summed E-state index contributed by atoms with van der Waals surface area (Å²) in [5.74, 6) is 0. The minimum atomic E-state index is -4.35. The van der Waals surface area contributed by atoms with E-state index in [-0.39, 0.29) is 18.5 Å². The van der Waals surface area contributed by atoms with Gasteiger partial charge in [-0.05, 0) is 5.41 Å². The molecule has 0 bridgehead atoms. The van der Waals surface area contributed by atoms with Gasteiger partial charge in [-0.3, -0.25) is 4.90 Å². The van der Waals surface area contributed by atoms with Gasteiger partial charge in [0.05, 0.1) is 0 Å². The fraction of sp³-hybridized carbons (Fsp3) is 0.769.